The van der Waals surface area contributed by atoms with E-state index in [0.29, 0.717) is 12.8 Å². The molecular weight excluding hydrogens is 437 g/mol. The second-order valence-corrected chi connectivity index (χ2v) is 7.77. The summed E-state index contributed by atoms with van der Waals surface area (Å²) in [6, 6.07) is 3.37. The van der Waals surface area contributed by atoms with E-state index in [9.17, 15) is 42.6 Å². The fourth-order valence-corrected chi connectivity index (χ4v) is 4.46. The van der Waals surface area contributed by atoms with E-state index in [1.165, 1.54) is 12.1 Å². The number of carboxylic acids is 2. The minimum absolute atomic E-state index is 0.0356. The maximum Gasteiger partial charge on any atom is 0.573 e. The largest absolute Gasteiger partial charge is 0.573 e. The van der Waals surface area contributed by atoms with Crippen molar-refractivity contribution in [3.63, 3.8) is 0 Å². The zero-order valence-electron chi connectivity index (χ0n) is 16.9. The Hall–Kier alpha value is -3.15. The molecule has 3 rings (SSSR count). The number of aliphatic carboxylic acids is 2. The average molecular weight is 458 g/mol. The molecule has 0 radical (unpaired) electrons. The van der Waals surface area contributed by atoms with E-state index in [0.717, 1.165) is 17.0 Å². The Bertz CT molecular complexity index is 951. The fraction of sp³-hybridized carbons (Fsp3) is 0.500. The van der Waals surface area contributed by atoms with Gasteiger partial charge in [-0.15, -0.1) is 13.2 Å². The Labute approximate surface area is 180 Å². The smallest absolute Gasteiger partial charge is 0.481 e. The molecule has 4 atom stereocenters. The van der Waals surface area contributed by atoms with Gasteiger partial charge in [0, 0.05) is 12.6 Å². The van der Waals surface area contributed by atoms with Crippen molar-refractivity contribution >= 4 is 23.8 Å². The number of benzene rings is 1. The van der Waals surface area contributed by atoms with Gasteiger partial charge in [0.15, 0.2) is 0 Å². The molecule has 0 aromatic heterocycles. The first-order chi connectivity index (χ1) is 14.9. The van der Waals surface area contributed by atoms with Gasteiger partial charge < -0.3 is 14.9 Å². The highest BCUT2D eigenvalue weighted by atomic mass is 19.4. The lowest BCUT2D eigenvalue weighted by Crippen LogP contribution is -2.57. The number of carboxylic acid groups (broad SMARTS) is 2. The molecule has 0 saturated carbocycles. The highest BCUT2D eigenvalue weighted by Crippen LogP contribution is 2.50. The molecule has 32 heavy (non-hydrogen) atoms. The number of alkyl halides is 3. The number of ether oxygens (including phenoxy) is 1. The minimum Gasteiger partial charge on any atom is -0.481 e. The molecule has 2 aliphatic heterocycles. The van der Waals surface area contributed by atoms with Crippen LogP contribution in [0.25, 0.3) is 0 Å². The van der Waals surface area contributed by atoms with Crippen LogP contribution in [0.3, 0.4) is 0 Å². The zero-order valence-corrected chi connectivity index (χ0v) is 16.9. The van der Waals surface area contributed by atoms with E-state index in [2.05, 4.69) is 10.1 Å². The second kappa shape index (κ2) is 8.41. The first-order valence-electron chi connectivity index (χ1n) is 9.85. The Morgan fingerprint density at radius 3 is 2.47 bits per heavy atom. The molecule has 2 saturated heterocycles. The van der Waals surface area contributed by atoms with E-state index >= 15 is 0 Å². The number of amides is 2. The molecule has 9 nitrogen and oxygen atoms in total. The Morgan fingerprint density at radius 1 is 1.22 bits per heavy atom. The number of halogens is 3. The number of unbranched alkanes of at least 4 members (excludes halogenated alkanes) is 1. The summed E-state index contributed by atoms with van der Waals surface area (Å²) in [6.07, 6.45) is -4.87. The zero-order chi connectivity index (χ0) is 23.8. The van der Waals surface area contributed by atoms with Gasteiger partial charge in [-0.3, -0.25) is 29.4 Å². The molecule has 12 heteroatoms. The van der Waals surface area contributed by atoms with Crippen LogP contribution in [0.1, 0.15) is 37.8 Å². The summed E-state index contributed by atoms with van der Waals surface area (Å²) in [7, 11) is 0. The molecule has 0 aliphatic carbocycles. The van der Waals surface area contributed by atoms with Crippen LogP contribution in [-0.4, -0.2) is 57.3 Å². The van der Waals surface area contributed by atoms with Crippen molar-refractivity contribution in [3.8, 4) is 5.75 Å². The van der Waals surface area contributed by atoms with E-state index in [4.69, 9.17) is 0 Å². The summed E-state index contributed by atoms with van der Waals surface area (Å²) in [6.45, 7) is 1.86. The molecule has 1 aromatic carbocycles. The molecule has 2 amide bonds. The van der Waals surface area contributed by atoms with Crippen molar-refractivity contribution in [1.82, 2.24) is 10.2 Å². The number of rotatable bonds is 8. The summed E-state index contributed by atoms with van der Waals surface area (Å²) < 4.78 is 41.8. The van der Waals surface area contributed by atoms with Gasteiger partial charge in [0.25, 0.3) is 0 Å². The lowest BCUT2D eigenvalue weighted by atomic mass is 9.77. The van der Waals surface area contributed by atoms with Crippen LogP contribution >= 0.6 is 0 Å². The predicted molar refractivity (Wildman–Crippen MR) is 100 cm³/mol. The summed E-state index contributed by atoms with van der Waals surface area (Å²) >= 11 is 0. The summed E-state index contributed by atoms with van der Waals surface area (Å²) in [5, 5.41) is 21.9. The van der Waals surface area contributed by atoms with Gasteiger partial charge in [0.2, 0.25) is 11.8 Å². The Balaban J connectivity index is 2.09. The summed E-state index contributed by atoms with van der Waals surface area (Å²) in [5.41, 5.74) is -2.25. The summed E-state index contributed by atoms with van der Waals surface area (Å²) in [4.78, 5) is 50.8. The van der Waals surface area contributed by atoms with Crippen LogP contribution in [0.2, 0.25) is 0 Å². The molecule has 3 N–H and O–H groups in total. The van der Waals surface area contributed by atoms with Gasteiger partial charge in [0.05, 0.1) is 18.3 Å². The molecule has 1 aromatic rings. The van der Waals surface area contributed by atoms with Crippen LogP contribution in [0.4, 0.5) is 13.2 Å². The standard InChI is InChI=1S/C20H21F3N2O7/c1-2-3-7-25-16(28)13-14(17(25)29)19(18(30)31,9-12(26)27)24-15(13)10-5-4-6-11(8-10)32-20(21,22)23/h4-6,8,13-15,24H,2-3,7,9H2,1H3,(H,26,27)(H,30,31). The number of hydrogen-bond donors (Lipinski definition) is 3. The van der Waals surface area contributed by atoms with Gasteiger partial charge in [-0.25, -0.2) is 0 Å². The number of nitrogens with one attached hydrogen (secondary N) is 1. The third-order valence-corrected chi connectivity index (χ3v) is 5.74. The van der Waals surface area contributed by atoms with E-state index in [1.807, 2.05) is 6.92 Å². The first kappa shape index (κ1) is 23.5. The lowest BCUT2D eigenvalue weighted by molar-refractivity contribution is -0.274. The lowest BCUT2D eigenvalue weighted by Gasteiger charge is -2.29. The third-order valence-electron chi connectivity index (χ3n) is 5.74. The predicted octanol–water partition coefficient (Wildman–Crippen LogP) is 1.93. The van der Waals surface area contributed by atoms with Gasteiger partial charge in [0.1, 0.15) is 11.3 Å². The van der Waals surface area contributed by atoms with E-state index in [-0.39, 0.29) is 12.1 Å². The van der Waals surface area contributed by atoms with Crippen molar-refractivity contribution in [2.45, 2.75) is 44.1 Å². The number of hydrogen-bond acceptors (Lipinski definition) is 6. The van der Waals surface area contributed by atoms with Crippen molar-refractivity contribution < 1.29 is 47.3 Å². The van der Waals surface area contributed by atoms with Gasteiger partial charge >= 0.3 is 18.3 Å². The summed E-state index contributed by atoms with van der Waals surface area (Å²) in [5.74, 6) is -8.08. The van der Waals surface area contributed by atoms with Gasteiger partial charge in [-0.05, 0) is 24.1 Å². The minimum atomic E-state index is -4.98. The van der Waals surface area contributed by atoms with Gasteiger partial charge in [-0.2, -0.15) is 0 Å². The van der Waals surface area contributed by atoms with E-state index in [1.54, 1.807) is 0 Å². The van der Waals surface area contributed by atoms with Gasteiger partial charge in [-0.1, -0.05) is 25.5 Å². The number of nitrogens with zero attached hydrogens (tertiary/aromatic N) is 1. The van der Waals surface area contributed by atoms with Crippen LogP contribution < -0.4 is 10.1 Å². The third kappa shape index (κ3) is 4.14. The molecule has 174 valence electrons. The molecule has 2 heterocycles. The van der Waals surface area contributed by atoms with Crippen LogP contribution in [-0.2, 0) is 19.2 Å². The number of likely N-dealkylation sites (tertiary alicyclic amines) is 1. The van der Waals surface area contributed by atoms with Crippen LogP contribution in [0, 0.1) is 11.8 Å². The molecule has 2 fully saturated rings. The van der Waals surface area contributed by atoms with Crippen LogP contribution in [0.15, 0.2) is 24.3 Å². The molecular formula is C20H21F3N2O7. The van der Waals surface area contributed by atoms with Crippen molar-refractivity contribution in [3.05, 3.63) is 29.8 Å². The van der Waals surface area contributed by atoms with Crippen molar-refractivity contribution in [1.29, 1.82) is 0 Å². The number of carbonyl (C=O) groups excluding carboxylic acids is 2. The highest BCUT2D eigenvalue weighted by molar-refractivity contribution is 6.10. The fourth-order valence-electron chi connectivity index (χ4n) is 4.46. The van der Waals surface area contributed by atoms with E-state index < -0.39 is 65.7 Å². The molecule has 2 aliphatic rings. The van der Waals surface area contributed by atoms with Crippen LogP contribution in [0.5, 0.6) is 5.75 Å². The number of carbonyl (C=O) groups is 4. The Kier molecular flexibility index (Phi) is 6.18. The van der Waals surface area contributed by atoms with Crippen molar-refractivity contribution in [2.24, 2.45) is 11.8 Å². The average Bonchev–Trinajstić information content (AvgIpc) is 3.14. The molecule has 0 spiro atoms. The Morgan fingerprint density at radius 2 is 1.91 bits per heavy atom. The maximum atomic E-state index is 13.1. The first-order valence-corrected chi connectivity index (χ1v) is 9.85. The second-order valence-electron chi connectivity index (χ2n) is 7.77. The highest BCUT2D eigenvalue weighted by Gasteiger charge is 2.69. The monoisotopic (exact) mass is 458 g/mol. The van der Waals surface area contributed by atoms with Crippen molar-refractivity contribution in [2.75, 3.05) is 6.54 Å². The number of imide groups is 1. The topological polar surface area (TPSA) is 133 Å². The molecule has 4 unspecified atom stereocenters. The quantitative estimate of drug-likeness (QED) is 0.504. The SMILES string of the molecule is CCCCN1C(=O)C2C(c3cccc(OC(F)(F)F)c3)NC(CC(=O)O)(C(=O)O)C2C1=O. The maximum absolute atomic E-state index is 13.1. The normalized spacial score (nSPS) is 27.5. The number of fused-ring (bicyclic) bond motifs is 1. The molecule has 0 bridgehead atoms.